The van der Waals surface area contributed by atoms with Crippen LogP contribution in [0, 0.1) is 6.92 Å². The molecule has 0 aliphatic carbocycles. The smallest absolute Gasteiger partial charge is 0.0641 e. The second kappa shape index (κ2) is 6.01. The van der Waals surface area contributed by atoms with Crippen molar-refractivity contribution in [2.24, 2.45) is 7.05 Å². The monoisotopic (exact) mass is 225 g/mol. The number of aliphatic hydroxyl groups excluding tert-OH is 1. The Balaban J connectivity index is 2.40. The third kappa shape index (κ3) is 3.61. The van der Waals surface area contributed by atoms with Gasteiger partial charge in [-0.3, -0.25) is 4.68 Å². The zero-order valence-electron chi connectivity index (χ0n) is 10.7. The summed E-state index contributed by atoms with van der Waals surface area (Å²) in [7, 11) is 1.93. The van der Waals surface area contributed by atoms with Crippen LogP contribution in [0.2, 0.25) is 0 Å². The Kier molecular flexibility index (Phi) is 4.96. The summed E-state index contributed by atoms with van der Waals surface area (Å²) in [5.74, 6) is 0. The van der Waals surface area contributed by atoms with E-state index in [0.717, 1.165) is 25.1 Å². The van der Waals surface area contributed by atoms with Gasteiger partial charge >= 0.3 is 0 Å². The largest absolute Gasteiger partial charge is 0.393 e. The molecule has 4 nitrogen and oxygen atoms in total. The lowest BCUT2D eigenvalue weighted by atomic mass is 10.1. The number of aromatic nitrogens is 2. The van der Waals surface area contributed by atoms with E-state index in [0.29, 0.717) is 0 Å². The molecule has 0 fully saturated rings. The predicted molar refractivity (Wildman–Crippen MR) is 65.3 cm³/mol. The highest BCUT2D eigenvalue weighted by Crippen LogP contribution is 2.15. The fraction of sp³-hybridized carbons (Fsp3) is 0.750. The number of hydrogen-bond acceptors (Lipinski definition) is 3. The topological polar surface area (TPSA) is 50.1 Å². The molecule has 0 saturated heterocycles. The van der Waals surface area contributed by atoms with Crippen LogP contribution in [-0.4, -0.2) is 27.5 Å². The molecule has 0 spiro atoms. The third-order valence-corrected chi connectivity index (χ3v) is 2.92. The van der Waals surface area contributed by atoms with Gasteiger partial charge in [-0.05, 0) is 33.2 Å². The van der Waals surface area contributed by atoms with Crippen LogP contribution in [0.5, 0.6) is 0 Å². The molecule has 1 aromatic heterocycles. The van der Waals surface area contributed by atoms with Crippen molar-refractivity contribution in [2.45, 2.75) is 45.8 Å². The highest BCUT2D eigenvalue weighted by Gasteiger charge is 2.11. The average molecular weight is 225 g/mol. The van der Waals surface area contributed by atoms with Gasteiger partial charge in [-0.25, -0.2) is 0 Å². The lowest BCUT2D eigenvalue weighted by Crippen LogP contribution is -2.23. The summed E-state index contributed by atoms with van der Waals surface area (Å²) >= 11 is 0. The van der Waals surface area contributed by atoms with Crippen molar-refractivity contribution in [3.05, 3.63) is 17.5 Å². The van der Waals surface area contributed by atoms with Crippen LogP contribution >= 0.6 is 0 Å². The first-order chi connectivity index (χ1) is 7.54. The minimum atomic E-state index is -0.185. The molecular weight excluding hydrogens is 202 g/mol. The van der Waals surface area contributed by atoms with Crippen LogP contribution in [0.1, 0.15) is 44.0 Å². The Morgan fingerprint density at radius 3 is 2.75 bits per heavy atom. The molecule has 0 amide bonds. The van der Waals surface area contributed by atoms with E-state index in [4.69, 9.17) is 0 Å². The van der Waals surface area contributed by atoms with Gasteiger partial charge in [0, 0.05) is 24.8 Å². The molecule has 0 saturated carbocycles. The van der Waals surface area contributed by atoms with E-state index < -0.39 is 0 Å². The van der Waals surface area contributed by atoms with E-state index in [1.165, 1.54) is 5.56 Å². The van der Waals surface area contributed by atoms with Gasteiger partial charge in [-0.1, -0.05) is 6.92 Å². The minimum absolute atomic E-state index is 0.185. The number of hydrogen-bond donors (Lipinski definition) is 2. The molecule has 0 radical (unpaired) electrons. The van der Waals surface area contributed by atoms with Crippen molar-refractivity contribution in [2.75, 3.05) is 6.54 Å². The summed E-state index contributed by atoms with van der Waals surface area (Å²) in [6, 6.07) is 0.290. The van der Waals surface area contributed by atoms with E-state index in [9.17, 15) is 5.11 Å². The Bertz CT molecular complexity index is 322. The van der Waals surface area contributed by atoms with Crippen molar-refractivity contribution in [3.63, 3.8) is 0 Å². The van der Waals surface area contributed by atoms with Crippen molar-refractivity contribution < 1.29 is 5.11 Å². The van der Waals surface area contributed by atoms with Crippen molar-refractivity contribution in [1.82, 2.24) is 15.1 Å². The Morgan fingerprint density at radius 1 is 1.56 bits per heavy atom. The van der Waals surface area contributed by atoms with Crippen molar-refractivity contribution in [3.8, 4) is 0 Å². The summed E-state index contributed by atoms with van der Waals surface area (Å²) in [5, 5.41) is 17.2. The van der Waals surface area contributed by atoms with Crippen LogP contribution < -0.4 is 5.32 Å². The lowest BCUT2D eigenvalue weighted by molar-refractivity contribution is 0.159. The highest BCUT2D eigenvalue weighted by molar-refractivity contribution is 5.19. The number of nitrogens with one attached hydrogen (secondary N) is 1. The van der Waals surface area contributed by atoms with Crippen molar-refractivity contribution in [1.29, 1.82) is 0 Å². The molecular formula is C12H23N3O. The zero-order chi connectivity index (χ0) is 12.1. The molecule has 0 aliphatic heterocycles. The molecule has 2 atom stereocenters. The van der Waals surface area contributed by atoms with E-state index in [1.54, 1.807) is 0 Å². The van der Waals surface area contributed by atoms with Crippen LogP contribution in [0.3, 0.4) is 0 Å². The Labute approximate surface area is 97.7 Å². The maximum Gasteiger partial charge on any atom is 0.0641 e. The summed E-state index contributed by atoms with van der Waals surface area (Å²) in [6.07, 6.45) is 3.49. The first-order valence-electron chi connectivity index (χ1n) is 5.96. The normalized spacial score (nSPS) is 15.1. The molecule has 4 heteroatoms. The SMILES string of the molecule is CCC(O)CCNC(C)c1cn(C)nc1C. The van der Waals surface area contributed by atoms with Crippen molar-refractivity contribution >= 4 is 0 Å². The maximum atomic E-state index is 9.44. The lowest BCUT2D eigenvalue weighted by Gasteiger charge is -2.14. The van der Waals surface area contributed by atoms with Gasteiger partial charge in [-0.2, -0.15) is 5.10 Å². The standard InChI is InChI=1S/C12H23N3O/c1-5-11(16)6-7-13-9(2)12-8-15(4)14-10(12)3/h8-9,11,13,16H,5-7H2,1-4H3. The third-order valence-electron chi connectivity index (χ3n) is 2.92. The Morgan fingerprint density at radius 2 is 2.25 bits per heavy atom. The molecule has 1 rings (SSSR count). The van der Waals surface area contributed by atoms with E-state index in [2.05, 4.69) is 17.3 Å². The van der Waals surface area contributed by atoms with Crippen LogP contribution in [0.25, 0.3) is 0 Å². The molecule has 2 N–H and O–H groups in total. The second-order valence-electron chi connectivity index (χ2n) is 4.37. The first kappa shape index (κ1) is 13.2. The number of aryl methyl sites for hydroxylation is 2. The summed E-state index contributed by atoms with van der Waals surface area (Å²) in [6.45, 7) is 6.99. The molecule has 0 aromatic carbocycles. The molecule has 2 unspecified atom stereocenters. The average Bonchev–Trinajstić information content (AvgIpc) is 2.57. The minimum Gasteiger partial charge on any atom is -0.393 e. The second-order valence-corrected chi connectivity index (χ2v) is 4.37. The van der Waals surface area contributed by atoms with Gasteiger partial charge < -0.3 is 10.4 Å². The highest BCUT2D eigenvalue weighted by atomic mass is 16.3. The first-order valence-corrected chi connectivity index (χ1v) is 5.96. The fourth-order valence-corrected chi connectivity index (χ4v) is 1.82. The summed E-state index contributed by atoms with van der Waals surface area (Å²) in [5.41, 5.74) is 2.30. The fourth-order valence-electron chi connectivity index (χ4n) is 1.82. The molecule has 0 bridgehead atoms. The maximum absolute atomic E-state index is 9.44. The Hall–Kier alpha value is -0.870. The van der Waals surface area contributed by atoms with Crippen LogP contribution in [0.4, 0.5) is 0 Å². The van der Waals surface area contributed by atoms with Gasteiger partial charge in [0.1, 0.15) is 0 Å². The number of rotatable bonds is 6. The predicted octanol–water partition coefficient (Wildman–Crippen LogP) is 1.54. The van der Waals surface area contributed by atoms with Gasteiger partial charge in [0.15, 0.2) is 0 Å². The quantitative estimate of drug-likeness (QED) is 0.772. The molecule has 16 heavy (non-hydrogen) atoms. The molecule has 1 aromatic rings. The van der Waals surface area contributed by atoms with Gasteiger partial charge in [0.2, 0.25) is 0 Å². The van der Waals surface area contributed by atoms with E-state index in [1.807, 2.05) is 31.8 Å². The number of aliphatic hydroxyl groups is 1. The van der Waals surface area contributed by atoms with E-state index in [-0.39, 0.29) is 12.1 Å². The molecule has 0 aliphatic rings. The van der Waals surface area contributed by atoms with Gasteiger partial charge in [0.25, 0.3) is 0 Å². The zero-order valence-corrected chi connectivity index (χ0v) is 10.7. The molecule has 92 valence electrons. The summed E-state index contributed by atoms with van der Waals surface area (Å²) < 4.78 is 1.84. The molecule has 1 heterocycles. The van der Waals surface area contributed by atoms with E-state index >= 15 is 0 Å². The van der Waals surface area contributed by atoms with Crippen LogP contribution in [0.15, 0.2) is 6.20 Å². The van der Waals surface area contributed by atoms with Crippen LogP contribution in [-0.2, 0) is 7.05 Å². The number of nitrogens with zero attached hydrogens (tertiary/aromatic N) is 2. The summed E-state index contributed by atoms with van der Waals surface area (Å²) in [4.78, 5) is 0. The van der Waals surface area contributed by atoms with Gasteiger partial charge in [-0.15, -0.1) is 0 Å². The van der Waals surface area contributed by atoms with Gasteiger partial charge in [0.05, 0.1) is 11.8 Å².